The molecule has 16 heavy (non-hydrogen) atoms. The fourth-order valence-electron chi connectivity index (χ4n) is 1.15. The number of hydrogen-bond donors (Lipinski definition) is 2. The van der Waals surface area contributed by atoms with Gasteiger partial charge in [0.2, 0.25) is 0 Å². The first kappa shape index (κ1) is 14.7. The van der Waals surface area contributed by atoms with Crippen molar-refractivity contribution in [2.75, 3.05) is 27.3 Å². The lowest BCUT2D eigenvalue weighted by molar-refractivity contribution is -0.139. The van der Waals surface area contributed by atoms with Gasteiger partial charge in [0, 0.05) is 27.3 Å². The van der Waals surface area contributed by atoms with Crippen molar-refractivity contribution in [3.8, 4) is 0 Å². The fourth-order valence-corrected chi connectivity index (χ4v) is 1.15. The predicted octanol–water partition coefficient (Wildman–Crippen LogP) is 0.527. The molecule has 0 bridgehead atoms. The second-order valence-electron chi connectivity index (χ2n) is 3.52. The lowest BCUT2D eigenvalue weighted by atomic mass is 10.2. The molecule has 1 unspecified atom stereocenters. The molecule has 0 rings (SSSR count). The van der Waals surface area contributed by atoms with Crippen molar-refractivity contribution < 1.29 is 19.4 Å². The first-order valence-corrected chi connectivity index (χ1v) is 5.26. The van der Waals surface area contributed by atoms with Gasteiger partial charge in [-0.2, -0.15) is 0 Å². The molecule has 0 aromatic carbocycles. The van der Waals surface area contributed by atoms with Crippen LogP contribution in [0, 0.1) is 0 Å². The molecule has 0 aromatic rings. The van der Waals surface area contributed by atoms with Crippen LogP contribution < -0.4 is 5.32 Å². The Hall–Kier alpha value is -1.30. The zero-order valence-electron chi connectivity index (χ0n) is 10.0. The summed E-state index contributed by atoms with van der Waals surface area (Å²) in [6.45, 7) is 2.83. The molecular weight excluding hydrogens is 212 g/mol. The maximum atomic E-state index is 11.5. The van der Waals surface area contributed by atoms with Crippen LogP contribution in [-0.4, -0.2) is 55.4 Å². The van der Waals surface area contributed by atoms with Crippen LogP contribution >= 0.6 is 0 Å². The number of carbonyl (C=O) groups excluding carboxylic acids is 1. The number of ether oxygens (including phenoxy) is 1. The molecule has 2 amide bonds. The molecule has 0 aliphatic heterocycles. The Labute approximate surface area is 95.6 Å². The molecule has 6 nitrogen and oxygen atoms in total. The molecule has 0 aliphatic rings. The van der Waals surface area contributed by atoms with Crippen molar-refractivity contribution in [1.29, 1.82) is 0 Å². The van der Waals surface area contributed by atoms with Crippen LogP contribution in [0.5, 0.6) is 0 Å². The molecule has 6 heteroatoms. The minimum atomic E-state index is -1.01. The molecule has 0 saturated carbocycles. The van der Waals surface area contributed by atoms with Gasteiger partial charge in [-0.25, -0.2) is 9.59 Å². The van der Waals surface area contributed by atoms with Crippen LogP contribution in [0.15, 0.2) is 0 Å². The van der Waals surface area contributed by atoms with Gasteiger partial charge in [-0.15, -0.1) is 0 Å². The largest absolute Gasteiger partial charge is 0.480 e. The molecule has 1 atom stereocenters. The second-order valence-corrected chi connectivity index (χ2v) is 3.52. The Morgan fingerprint density at radius 1 is 1.50 bits per heavy atom. The van der Waals surface area contributed by atoms with E-state index in [2.05, 4.69) is 5.32 Å². The third-order valence-electron chi connectivity index (χ3n) is 2.19. The number of rotatable bonds is 7. The first-order valence-electron chi connectivity index (χ1n) is 5.26. The summed E-state index contributed by atoms with van der Waals surface area (Å²) in [6.07, 6.45) is 1.09. The van der Waals surface area contributed by atoms with Crippen molar-refractivity contribution in [1.82, 2.24) is 10.2 Å². The molecule has 2 N–H and O–H groups in total. The van der Waals surface area contributed by atoms with E-state index >= 15 is 0 Å². The lowest BCUT2D eigenvalue weighted by Crippen LogP contribution is -2.46. The van der Waals surface area contributed by atoms with Crippen LogP contribution in [0.25, 0.3) is 0 Å². The molecule has 0 aromatic heterocycles. The summed E-state index contributed by atoms with van der Waals surface area (Å²) < 4.78 is 4.86. The van der Waals surface area contributed by atoms with Crippen molar-refractivity contribution in [2.45, 2.75) is 25.8 Å². The zero-order valence-corrected chi connectivity index (χ0v) is 10.0. The van der Waals surface area contributed by atoms with E-state index in [1.165, 1.54) is 4.90 Å². The topological polar surface area (TPSA) is 78.9 Å². The maximum absolute atomic E-state index is 11.5. The summed E-state index contributed by atoms with van der Waals surface area (Å²) >= 11 is 0. The van der Waals surface area contributed by atoms with Gasteiger partial charge in [0.15, 0.2) is 0 Å². The number of nitrogens with zero attached hydrogens (tertiary/aromatic N) is 1. The van der Waals surface area contributed by atoms with E-state index in [-0.39, 0.29) is 6.03 Å². The first-order chi connectivity index (χ1) is 7.52. The van der Waals surface area contributed by atoms with Crippen LogP contribution in [-0.2, 0) is 9.53 Å². The average Bonchev–Trinajstić information content (AvgIpc) is 2.25. The van der Waals surface area contributed by atoms with Gasteiger partial charge in [0.05, 0.1) is 0 Å². The van der Waals surface area contributed by atoms with Gasteiger partial charge < -0.3 is 20.1 Å². The quantitative estimate of drug-likeness (QED) is 0.627. The van der Waals surface area contributed by atoms with Crippen molar-refractivity contribution in [2.24, 2.45) is 0 Å². The smallest absolute Gasteiger partial charge is 0.326 e. The molecule has 0 saturated heterocycles. The normalized spacial score (nSPS) is 11.9. The Morgan fingerprint density at radius 2 is 2.12 bits per heavy atom. The summed E-state index contributed by atoms with van der Waals surface area (Å²) in [4.78, 5) is 23.7. The van der Waals surface area contributed by atoms with Crippen LogP contribution in [0.3, 0.4) is 0 Å². The van der Waals surface area contributed by atoms with Gasteiger partial charge in [0.25, 0.3) is 0 Å². The third-order valence-corrected chi connectivity index (χ3v) is 2.19. The van der Waals surface area contributed by atoms with E-state index in [9.17, 15) is 9.59 Å². The molecule has 0 aliphatic carbocycles. The minimum absolute atomic E-state index is 0.368. The summed E-state index contributed by atoms with van der Waals surface area (Å²) in [5.74, 6) is -1.01. The van der Waals surface area contributed by atoms with Crippen molar-refractivity contribution >= 4 is 12.0 Å². The predicted molar refractivity (Wildman–Crippen MR) is 59.4 cm³/mol. The molecule has 0 heterocycles. The number of amides is 2. The van der Waals surface area contributed by atoms with E-state index in [0.29, 0.717) is 19.6 Å². The SMILES string of the molecule is CCC(NC(=O)N(C)CCCOC)C(=O)O. The highest BCUT2D eigenvalue weighted by Gasteiger charge is 2.19. The van der Waals surface area contributed by atoms with Gasteiger partial charge in [-0.3, -0.25) is 0 Å². The standard InChI is InChI=1S/C10H20N2O4/c1-4-8(9(13)14)11-10(15)12(2)6-5-7-16-3/h8H,4-7H2,1-3H3,(H,11,15)(H,13,14). The fraction of sp³-hybridized carbons (Fsp3) is 0.800. The lowest BCUT2D eigenvalue weighted by Gasteiger charge is -2.20. The van der Waals surface area contributed by atoms with Crippen molar-refractivity contribution in [3.63, 3.8) is 0 Å². The minimum Gasteiger partial charge on any atom is -0.480 e. The number of aliphatic carboxylic acids is 1. The van der Waals surface area contributed by atoms with Crippen LogP contribution in [0.2, 0.25) is 0 Å². The average molecular weight is 232 g/mol. The number of nitrogens with one attached hydrogen (secondary N) is 1. The highest BCUT2D eigenvalue weighted by atomic mass is 16.5. The molecule has 0 fully saturated rings. The monoisotopic (exact) mass is 232 g/mol. The maximum Gasteiger partial charge on any atom is 0.326 e. The Kier molecular flexibility index (Phi) is 7.28. The highest BCUT2D eigenvalue weighted by molar-refractivity contribution is 5.82. The summed E-state index contributed by atoms with van der Waals surface area (Å²) in [6, 6.07) is -1.19. The number of hydrogen-bond acceptors (Lipinski definition) is 3. The Balaban J connectivity index is 3.98. The summed E-state index contributed by atoms with van der Waals surface area (Å²) in [5.41, 5.74) is 0. The second kappa shape index (κ2) is 7.92. The molecule has 94 valence electrons. The van der Waals surface area contributed by atoms with Crippen LogP contribution in [0.1, 0.15) is 19.8 Å². The number of carboxylic acid groups (broad SMARTS) is 1. The van der Waals surface area contributed by atoms with Crippen LogP contribution in [0.4, 0.5) is 4.79 Å². The molecular formula is C10H20N2O4. The van der Waals surface area contributed by atoms with Crippen molar-refractivity contribution in [3.05, 3.63) is 0 Å². The Morgan fingerprint density at radius 3 is 2.56 bits per heavy atom. The van der Waals surface area contributed by atoms with E-state index in [1.807, 2.05) is 0 Å². The number of carbonyl (C=O) groups is 2. The number of methoxy groups -OCH3 is 1. The van der Waals surface area contributed by atoms with Gasteiger partial charge >= 0.3 is 12.0 Å². The van der Waals surface area contributed by atoms with Gasteiger partial charge in [0.1, 0.15) is 6.04 Å². The van der Waals surface area contributed by atoms with Gasteiger partial charge in [-0.1, -0.05) is 6.92 Å². The van der Waals surface area contributed by atoms with E-state index in [0.717, 1.165) is 6.42 Å². The third kappa shape index (κ3) is 5.55. The number of carboxylic acids is 1. The Bertz CT molecular complexity index is 233. The van der Waals surface area contributed by atoms with E-state index < -0.39 is 12.0 Å². The van der Waals surface area contributed by atoms with E-state index in [4.69, 9.17) is 9.84 Å². The molecule has 0 spiro atoms. The number of urea groups is 1. The summed E-state index contributed by atoms with van der Waals surface area (Å²) in [7, 11) is 3.22. The highest BCUT2D eigenvalue weighted by Crippen LogP contribution is 1.95. The summed E-state index contributed by atoms with van der Waals surface area (Å²) in [5, 5.41) is 11.2. The van der Waals surface area contributed by atoms with Gasteiger partial charge in [-0.05, 0) is 12.8 Å². The van der Waals surface area contributed by atoms with E-state index in [1.54, 1.807) is 21.1 Å². The molecule has 0 radical (unpaired) electrons. The zero-order chi connectivity index (χ0) is 12.6.